The van der Waals surface area contributed by atoms with Crippen molar-refractivity contribution in [2.45, 2.75) is 0 Å². The Morgan fingerprint density at radius 3 is 2.25 bits per heavy atom. The van der Waals surface area contributed by atoms with Crippen molar-refractivity contribution in [1.29, 1.82) is 0 Å². The fraction of sp³-hybridized carbons (Fsp3) is 0. The molecule has 1 amide bonds. The number of amides is 1. The molecule has 1 aromatic heterocycles. The molecule has 0 radical (unpaired) electrons. The Morgan fingerprint density at radius 2 is 1.65 bits per heavy atom. The molecule has 1 aliphatic heterocycles. The van der Waals surface area contributed by atoms with E-state index in [2.05, 4.69) is 15.0 Å². The minimum Gasteiger partial charge on any atom is -0.267 e. The number of hydrazine groups is 1. The second-order valence-electron chi connectivity index (χ2n) is 4.15. The SMILES string of the molecule is NN(C=C1N=c2ccccc2=N1)C(=O)c1ccncc1. The van der Waals surface area contributed by atoms with Crippen molar-refractivity contribution in [2.24, 2.45) is 15.8 Å². The van der Waals surface area contributed by atoms with Crippen molar-refractivity contribution in [3.05, 3.63) is 77.1 Å². The minimum absolute atomic E-state index is 0.346. The summed E-state index contributed by atoms with van der Waals surface area (Å²) in [6, 6.07) is 10.7. The molecule has 0 saturated heterocycles. The number of benzene rings is 1. The Labute approximate surface area is 114 Å². The molecular formula is C14H11N5O. The van der Waals surface area contributed by atoms with Gasteiger partial charge in [0, 0.05) is 18.0 Å². The van der Waals surface area contributed by atoms with Gasteiger partial charge in [-0.2, -0.15) is 0 Å². The maximum absolute atomic E-state index is 12.1. The molecular weight excluding hydrogens is 254 g/mol. The van der Waals surface area contributed by atoms with Crippen LogP contribution in [0.25, 0.3) is 0 Å². The molecule has 0 fully saturated rings. The van der Waals surface area contributed by atoms with Gasteiger partial charge in [-0.1, -0.05) is 12.1 Å². The summed E-state index contributed by atoms with van der Waals surface area (Å²) < 4.78 is 0. The predicted octanol–water partition coefficient (Wildman–Crippen LogP) is 0.149. The van der Waals surface area contributed by atoms with Gasteiger partial charge in [0.2, 0.25) is 0 Å². The molecule has 0 unspecified atom stereocenters. The molecule has 2 N–H and O–H groups in total. The van der Waals surface area contributed by atoms with E-state index >= 15 is 0 Å². The zero-order chi connectivity index (χ0) is 13.9. The summed E-state index contributed by atoms with van der Waals surface area (Å²) in [6.07, 6.45) is 4.48. The van der Waals surface area contributed by atoms with Gasteiger partial charge >= 0.3 is 0 Å². The summed E-state index contributed by atoms with van der Waals surface area (Å²) in [6.45, 7) is 0. The van der Waals surface area contributed by atoms with Gasteiger partial charge in [-0.05, 0) is 24.3 Å². The first-order valence-electron chi connectivity index (χ1n) is 5.96. The molecule has 6 heteroatoms. The number of hydrogen-bond donors (Lipinski definition) is 1. The topological polar surface area (TPSA) is 83.9 Å². The van der Waals surface area contributed by atoms with E-state index < -0.39 is 0 Å². The van der Waals surface area contributed by atoms with Gasteiger partial charge < -0.3 is 0 Å². The highest BCUT2D eigenvalue weighted by molar-refractivity contribution is 5.94. The highest BCUT2D eigenvalue weighted by Crippen LogP contribution is 2.05. The predicted molar refractivity (Wildman–Crippen MR) is 71.4 cm³/mol. The van der Waals surface area contributed by atoms with Gasteiger partial charge in [-0.25, -0.2) is 20.8 Å². The minimum atomic E-state index is -0.346. The van der Waals surface area contributed by atoms with E-state index in [1.807, 2.05) is 24.3 Å². The van der Waals surface area contributed by atoms with E-state index in [1.165, 1.54) is 18.6 Å². The van der Waals surface area contributed by atoms with E-state index in [0.29, 0.717) is 11.4 Å². The fourth-order valence-electron chi connectivity index (χ4n) is 1.81. The van der Waals surface area contributed by atoms with Crippen LogP contribution in [0, 0.1) is 0 Å². The van der Waals surface area contributed by atoms with Crippen molar-refractivity contribution in [1.82, 2.24) is 9.99 Å². The third-order valence-electron chi connectivity index (χ3n) is 2.77. The first-order chi connectivity index (χ1) is 9.74. The molecule has 0 aliphatic carbocycles. The van der Waals surface area contributed by atoms with Crippen molar-refractivity contribution in [3.63, 3.8) is 0 Å². The van der Waals surface area contributed by atoms with Gasteiger partial charge in [0.25, 0.3) is 5.91 Å². The van der Waals surface area contributed by atoms with Crippen molar-refractivity contribution >= 4 is 5.91 Å². The summed E-state index contributed by atoms with van der Waals surface area (Å²) in [5.74, 6) is 5.78. The second-order valence-corrected chi connectivity index (χ2v) is 4.15. The Kier molecular flexibility index (Phi) is 3.06. The molecule has 20 heavy (non-hydrogen) atoms. The number of rotatable bonds is 2. The number of hydrogen-bond acceptors (Lipinski definition) is 5. The molecule has 0 spiro atoms. The van der Waals surface area contributed by atoms with Crippen LogP contribution in [0.1, 0.15) is 10.4 Å². The van der Waals surface area contributed by atoms with Gasteiger partial charge in [-0.15, -0.1) is 0 Å². The van der Waals surface area contributed by atoms with Crippen LogP contribution in [-0.2, 0) is 0 Å². The summed E-state index contributed by atoms with van der Waals surface area (Å²) in [4.78, 5) is 24.5. The Morgan fingerprint density at radius 1 is 1.05 bits per heavy atom. The zero-order valence-electron chi connectivity index (χ0n) is 10.5. The molecule has 0 atom stereocenters. The average Bonchev–Trinajstić information content (AvgIpc) is 2.89. The number of nitrogens with zero attached hydrogens (tertiary/aromatic N) is 4. The van der Waals surface area contributed by atoms with E-state index in [1.54, 1.807) is 12.1 Å². The van der Waals surface area contributed by atoms with Crippen LogP contribution in [-0.4, -0.2) is 15.9 Å². The van der Waals surface area contributed by atoms with Crippen LogP contribution in [0.5, 0.6) is 0 Å². The molecule has 2 heterocycles. The number of pyridine rings is 1. The third kappa shape index (κ3) is 2.32. The molecule has 2 aromatic rings. The first kappa shape index (κ1) is 12.2. The maximum Gasteiger partial charge on any atom is 0.272 e. The van der Waals surface area contributed by atoms with Crippen molar-refractivity contribution in [3.8, 4) is 0 Å². The van der Waals surface area contributed by atoms with E-state index in [0.717, 1.165) is 15.7 Å². The number of fused-ring (bicyclic) bond motifs is 1. The molecule has 0 saturated carbocycles. The average molecular weight is 265 g/mol. The monoisotopic (exact) mass is 265 g/mol. The lowest BCUT2D eigenvalue weighted by molar-refractivity contribution is 0.0820. The quantitative estimate of drug-likeness (QED) is 0.476. The van der Waals surface area contributed by atoms with Gasteiger partial charge in [0.1, 0.15) is 0 Å². The van der Waals surface area contributed by atoms with Gasteiger partial charge in [0.15, 0.2) is 5.82 Å². The van der Waals surface area contributed by atoms with Crippen LogP contribution < -0.4 is 16.6 Å². The molecule has 98 valence electrons. The van der Waals surface area contributed by atoms with E-state index in [9.17, 15) is 4.79 Å². The van der Waals surface area contributed by atoms with Crippen LogP contribution >= 0.6 is 0 Å². The molecule has 1 aromatic carbocycles. The van der Waals surface area contributed by atoms with E-state index in [4.69, 9.17) is 5.84 Å². The number of nitrogens with two attached hydrogens (primary N) is 1. The lowest BCUT2D eigenvalue weighted by Gasteiger charge is -2.11. The number of aromatic nitrogens is 1. The van der Waals surface area contributed by atoms with Crippen LogP contribution in [0.15, 0.2) is 70.8 Å². The fourth-order valence-corrected chi connectivity index (χ4v) is 1.81. The van der Waals surface area contributed by atoms with Crippen molar-refractivity contribution < 1.29 is 4.79 Å². The Bertz CT molecular complexity index is 761. The summed E-state index contributed by atoms with van der Waals surface area (Å²) in [5.41, 5.74) is 0.454. The van der Waals surface area contributed by atoms with Gasteiger partial charge in [-0.3, -0.25) is 9.78 Å². The van der Waals surface area contributed by atoms with Crippen LogP contribution in [0.4, 0.5) is 0 Å². The summed E-state index contributed by atoms with van der Waals surface area (Å²) in [5, 5.41) is 2.51. The highest BCUT2D eigenvalue weighted by Gasteiger charge is 2.11. The summed E-state index contributed by atoms with van der Waals surface area (Å²) in [7, 11) is 0. The third-order valence-corrected chi connectivity index (χ3v) is 2.77. The maximum atomic E-state index is 12.1. The molecule has 1 aliphatic rings. The highest BCUT2D eigenvalue weighted by atomic mass is 16.2. The second kappa shape index (κ2) is 5.02. The van der Waals surface area contributed by atoms with E-state index in [-0.39, 0.29) is 5.91 Å². The van der Waals surface area contributed by atoms with Crippen molar-refractivity contribution in [2.75, 3.05) is 0 Å². The summed E-state index contributed by atoms with van der Waals surface area (Å²) >= 11 is 0. The molecule has 0 bridgehead atoms. The smallest absolute Gasteiger partial charge is 0.267 e. The number of carbonyl (C=O) groups excluding carboxylic acids is 1. The zero-order valence-corrected chi connectivity index (χ0v) is 10.5. The van der Waals surface area contributed by atoms with Crippen LogP contribution in [0.2, 0.25) is 0 Å². The molecule has 6 nitrogen and oxygen atoms in total. The lowest BCUT2D eigenvalue weighted by Crippen LogP contribution is -2.32. The largest absolute Gasteiger partial charge is 0.272 e. The van der Waals surface area contributed by atoms with Gasteiger partial charge in [0.05, 0.1) is 16.9 Å². The standard InChI is InChI=1S/C14H11N5O/c15-19(14(20)10-5-7-16-8-6-10)9-13-17-11-3-1-2-4-12(11)18-13/h1-9H,15H2. The number of carbonyl (C=O) groups is 1. The number of para-hydroxylation sites is 2. The Hall–Kier alpha value is -2.86. The Balaban J connectivity index is 1.87. The first-order valence-corrected chi connectivity index (χ1v) is 5.96. The lowest BCUT2D eigenvalue weighted by atomic mass is 10.2. The normalized spacial score (nSPS) is 12.2. The molecule has 3 rings (SSSR count). The van der Waals surface area contributed by atoms with Crippen LogP contribution in [0.3, 0.4) is 0 Å².